The predicted octanol–water partition coefficient (Wildman–Crippen LogP) is 0.910. The number of nitrogens with one attached hydrogen (secondary N) is 1. The molecule has 6 nitrogen and oxygen atoms in total. The average molecular weight is 287 g/mol. The van der Waals surface area contributed by atoms with E-state index in [1.165, 1.54) is 18.3 Å². The van der Waals surface area contributed by atoms with Gasteiger partial charge in [0.1, 0.15) is 5.15 Å². The van der Waals surface area contributed by atoms with Crippen LogP contribution in [0.5, 0.6) is 0 Å². The maximum absolute atomic E-state index is 11.9. The van der Waals surface area contributed by atoms with Crippen molar-refractivity contribution in [3.8, 4) is 0 Å². The van der Waals surface area contributed by atoms with Crippen molar-refractivity contribution >= 4 is 21.6 Å². The van der Waals surface area contributed by atoms with Crippen LogP contribution in [0.15, 0.2) is 41.7 Å². The van der Waals surface area contributed by atoms with E-state index in [2.05, 4.69) is 14.8 Å². The molecule has 1 N–H and O–H groups in total. The number of nitrogens with zero attached hydrogens (tertiary/aromatic N) is 3. The molecular weight excluding hydrogens is 276 g/mol. The molecule has 0 saturated heterocycles. The van der Waals surface area contributed by atoms with Crippen LogP contribution in [0.4, 0.5) is 0 Å². The Bertz CT molecular complexity index is 613. The van der Waals surface area contributed by atoms with Gasteiger partial charge in [-0.1, -0.05) is 11.6 Å². The molecule has 0 aromatic carbocycles. The molecule has 2 rings (SSSR count). The summed E-state index contributed by atoms with van der Waals surface area (Å²) >= 11 is 5.65. The van der Waals surface area contributed by atoms with Crippen molar-refractivity contribution in [2.75, 3.05) is 6.54 Å². The first kappa shape index (κ1) is 13.0. The zero-order valence-electron chi connectivity index (χ0n) is 9.32. The van der Waals surface area contributed by atoms with Gasteiger partial charge in [-0.05, 0) is 18.2 Å². The fourth-order valence-corrected chi connectivity index (χ4v) is 2.63. The lowest BCUT2D eigenvalue weighted by atomic mass is 10.5. The Balaban J connectivity index is 1.99. The van der Waals surface area contributed by atoms with Gasteiger partial charge < -0.3 is 0 Å². The van der Waals surface area contributed by atoms with Gasteiger partial charge in [0.05, 0.1) is 11.4 Å². The molecule has 0 radical (unpaired) electrons. The number of sulfonamides is 1. The lowest BCUT2D eigenvalue weighted by Gasteiger charge is -2.06. The molecule has 0 amide bonds. The van der Waals surface area contributed by atoms with Crippen LogP contribution < -0.4 is 4.72 Å². The number of halogens is 1. The van der Waals surface area contributed by atoms with Crippen LogP contribution in [-0.2, 0) is 16.6 Å². The predicted molar refractivity (Wildman–Crippen MR) is 66.7 cm³/mol. The lowest BCUT2D eigenvalue weighted by Crippen LogP contribution is -2.27. The summed E-state index contributed by atoms with van der Waals surface area (Å²) in [6.07, 6.45) is 4.75. The van der Waals surface area contributed by atoms with Crippen LogP contribution in [0, 0.1) is 0 Å². The topological polar surface area (TPSA) is 76.9 Å². The highest BCUT2D eigenvalue weighted by Crippen LogP contribution is 2.12. The Labute approximate surface area is 110 Å². The second-order valence-electron chi connectivity index (χ2n) is 3.48. The molecule has 0 aliphatic rings. The van der Waals surface area contributed by atoms with Gasteiger partial charge in [0.15, 0.2) is 0 Å². The molecule has 0 fully saturated rings. The first-order valence-electron chi connectivity index (χ1n) is 5.16. The van der Waals surface area contributed by atoms with Gasteiger partial charge >= 0.3 is 0 Å². The molecule has 0 bridgehead atoms. The highest BCUT2D eigenvalue weighted by Gasteiger charge is 2.13. The molecule has 2 heterocycles. The standard InChI is InChI=1S/C10H11ClN4O2S/c11-10-8-9(2-4-12-10)18(16,17)14-5-7-15-6-1-3-13-15/h1-4,6,8,14H,5,7H2. The lowest BCUT2D eigenvalue weighted by molar-refractivity contribution is 0.561. The third-order valence-electron chi connectivity index (χ3n) is 2.20. The van der Waals surface area contributed by atoms with E-state index in [1.54, 1.807) is 23.1 Å². The minimum atomic E-state index is -3.55. The van der Waals surface area contributed by atoms with E-state index in [9.17, 15) is 8.42 Å². The highest BCUT2D eigenvalue weighted by atomic mass is 35.5. The molecule has 8 heteroatoms. The van der Waals surface area contributed by atoms with E-state index >= 15 is 0 Å². The fraction of sp³-hybridized carbons (Fsp3) is 0.200. The maximum atomic E-state index is 11.9. The summed E-state index contributed by atoms with van der Waals surface area (Å²) in [7, 11) is -3.55. The van der Waals surface area contributed by atoms with Gasteiger partial charge in [0.25, 0.3) is 0 Å². The molecular formula is C10H11ClN4O2S. The smallest absolute Gasteiger partial charge is 0.240 e. The molecule has 2 aromatic heterocycles. The van der Waals surface area contributed by atoms with Gasteiger partial charge in [-0.3, -0.25) is 4.68 Å². The molecule has 0 spiro atoms. The summed E-state index contributed by atoms with van der Waals surface area (Å²) in [5.74, 6) is 0. The van der Waals surface area contributed by atoms with E-state index < -0.39 is 10.0 Å². The molecule has 18 heavy (non-hydrogen) atoms. The van der Waals surface area contributed by atoms with Crippen molar-refractivity contribution in [2.45, 2.75) is 11.4 Å². The number of hydrogen-bond donors (Lipinski definition) is 1. The van der Waals surface area contributed by atoms with Crippen LogP contribution in [-0.4, -0.2) is 29.7 Å². The molecule has 2 aromatic rings. The first-order chi connectivity index (χ1) is 8.58. The van der Waals surface area contributed by atoms with Crippen molar-refractivity contribution in [2.24, 2.45) is 0 Å². The second kappa shape index (κ2) is 5.47. The largest absolute Gasteiger partial charge is 0.271 e. The van der Waals surface area contributed by atoms with Crippen molar-refractivity contribution in [3.05, 3.63) is 41.9 Å². The summed E-state index contributed by atoms with van der Waals surface area (Å²) in [5.41, 5.74) is 0. The molecule has 0 aliphatic carbocycles. The van der Waals surface area contributed by atoms with Gasteiger partial charge in [-0.2, -0.15) is 5.10 Å². The number of rotatable bonds is 5. The van der Waals surface area contributed by atoms with Gasteiger partial charge in [0.2, 0.25) is 10.0 Å². The van der Waals surface area contributed by atoms with Crippen LogP contribution in [0.2, 0.25) is 5.15 Å². The zero-order chi connectivity index (χ0) is 13.0. The summed E-state index contributed by atoms with van der Waals surface area (Å²) in [6.45, 7) is 0.717. The van der Waals surface area contributed by atoms with E-state index in [4.69, 9.17) is 11.6 Å². The number of pyridine rings is 1. The van der Waals surface area contributed by atoms with Crippen LogP contribution in [0.3, 0.4) is 0 Å². The van der Waals surface area contributed by atoms with E-state index in [-0.39, 0.29) is 16.6 Å². The molecule has 96 valence electrons. The Hall–Kier alpha value is -1.44. The minimum absolute atomic E-state index is 0.1000. The Morgan fingerprint density at radius 2 is 2.22 bits per heavy atom. The molecule has 0 atom stereocenters. The van der Waals surface area contributed by atoms with Gasteiger partial charge in [-0.15, -0.1) is 0 Å². The monoisotopic (exact) mass is 286 g/mol. The Morgan fingerprint density at radius 3 is 2.89 bits per heavy atom. The van der Waals surface area contributed by atoms with Crippen molar-refractivity contribution < 1.29 is 8.42 Å². The van der Waals surface area contributed by atoms with Crippen molar-refractivity contribution in [1.82, 2.24) is 19.5 Å². The van der Waals surface area contributed by atoms with Gasteiger partial charge in [0, 0.05) is 25.1 Å². The molecule has 0 aliphatic heterocycles. The van der Waals surface area contributed by atoms with Crippen LogP contribution in [0.1, 0.15) is 0 Å². The second-order valence-corrected chi connectivity index (χ2v) is 5.64. The minimum Gasteiger partial charge on any atom is -0.271 e. The highest BCUT2D eigenvalue weighted by molar-refractivity contribution is 7.89. The SMILES string of the molecule is O=S(=O)(NCCn1cccn1)c1ccnc(Cl)c1. The Kier molecular flexibility index (Phi) is 3.95. The van der Waals surface area contributed by atoms with Crippen molar-refractivity contribution in [3.63, 3.8) is 0 Å². The third kappa shape index (κ3) is 3.28. The summed E-state index contributed by atoms with van der Waals surface area (Å²) in [4.78, 5) is 3.83. The van der Waals surface area contributed by atoms with Crippen LogP contribution >= 0.6 is 11.6 Å². The number of aromatic nitrogens is 3. The van der Waals surface area contributed by atoms with Gasteiger partial charge in [-0.25, -0.2) is 18.1 Å². The van der Waals surface area contributed by atoms with Crippen LogP contribution in [0.25, 0.3) is 0 Å². The normalized spacial score (nSPS) is 11.6. The third-order valence-corrected chi connectivity index (χ3v) is 3.87. The first-order valence-corrected chi connectivity index (χ1v) is 7.03. The fourth-order valence-electron chi connectivity index (χ4n) is 1.36. The summed E-state index contributed by atoms with van der Waals surface area (Å²) in [5, 5.41) is 4.12. The van der Waals surface area contributed by atoms with E-state index in [1.807, 2.05) is 0 Å². The van der Waals surface area contributed by atoms with E-state index in [0.29, 0.717) is 6.54 Å². The zero-order valence-corrected chi connectivity index (χ0v) is 10.9. The molecule has 0 unspecified atom stereocenters. The summed E-state index contributed by atoms with van der Waals surface area (Å²) in [6, 6.07) is 4.47. The van der Waals surface area contributed by atoms with E-state index in [0.717, 1.165) is 0 Å². The Morgan fingerprint density at radius 1 is 1.39 bits per heavy atom. The van der Waals surface area contributed by atoms with Crippen molar-refractivity contribution in [1.29, 1.82) is 0 Å². The number of hydrogen-bond acceptors (Lipinski definition) is 4. The quantitative estimate of drug-likeness (QED) is 0.829. The average Bonchev–Trinajstić information content (AvgIpc) is 2.82. The molecule has 0 saturated carbocycles. The maximum Gasteiger partial charge on any atom is 0.240 e. The summed E-state index contributed by atoms with van der Waals surface area (Å²) < 4.78 is 27.9.